The highest BCUT2D eigenvalue weighted by Gasteiger charge is 2.14. The second-order valence-corrected chi connectivity index (χ2v) is 3.65. The van der Waals surface area contributed by atoms with E-state index in [-0.39, 0.29) is 5.82 Å². The van der Waals surface area contributed by atoms with E-state index in [0.29, 0.717) is 9.13 Å². The normalized spacial score (nSPS) is 12.5. The Bertz CT molecular complexity index is 343. The summed E-state index contributed by atoms with van der Waals surface area (Å²) in [5.41, 5.74) is 5.73. The second kappa shape index (κ2) is 4.01. The van der Waals surface area contributed by atoms with Crippen LogP contribution in [0.3, 0.4) is 0 Å². The number of carboxylic acid groups (broad SMARTS) is 1. The van der Waals surface area contributed by atoms with Crippen LogP contribution in [0, 0.1) is 9.39 Å². The summed E-state index contributed by atoms with van der Waals surface area (Å²) in [6.07, 6.45) is 0. The number of carbonyl (C=O) groups is 1. The zero-order valence-electron chi connectivity index (χ0n) is 6.50. The Kier molecular flexibility index (Phi) is 3.21. The third-order valence-corrected chi connectivity index (χ3v) is 2.40. The molecule has 13 heavy (non-hydrogen) atoms. The number of halogens is 2. The molecule has 1 aromatic carbocycles. The van der Waals surface area contributed by atoms with Crippen molar-refractivity contribution in [2.24, 2.45) is 5.73 Å². The van der Waals surface area contributed by atoms with E-state index < -0.39 is 12.0 Å². The summed E-state index contributed by atoms with van der Waals surface area (Å²) in [6.45, 7) is 0. The van der Waals surface area contributed by atoms with Crippen molar-refractivity contribution in [3.8, 4) is 0 Å². The van der Waals surface area contributed by atoms with Crippen LogP contribution in [0.1, 0.15) is 11.6 Å². The highest BCUT2D eigenvalue weighted by Crippen LogP contribution is 2.17. The maximum Gasteiger partial charge on any atom is 0.325 e. The molecule has 0 bridgehead atoms. The molecule has 3 N–H and O–H groups in total. The topological polar surface area (TPSA) is 63.3 Å². The molecular formula is C8H7FINO2. The van der Waals surface area contributed by atoms with Gasteiger partial charge in [0.2, 0.25) is 0 Å². The van der Waals surface area contributed by atoms with Crippen LogP contribution in [0.4, 0.5) is 4.39 Å². The van der Waals surface area contributed by atoms with Crippen molar-refractivity contribution in [2.45, 2.75) is 6.04 Å². The minimum Gasteiger partial charge on any atom is -0.480 e. The van der Waals surface area contributed by atoms with E-state index >= 15 is 0 Å². The van der Waals surface area contributed by atoms with Gasteiger partial charge in [0, 0.05) is 3.57 Å². The van der Waals surface area contributed by atoms with E-state index in [1.54, 1.807) is 22.6 Å². The zero-order chi connectivity index (χ0) is 10.0. The zero-order valence-corrected chi connectivity index (χ0v) is 8.66. The minimum atomic E-state index is -1.12. The summed E-state index contributed by atoms with van der Waals surface area (Å²) in [5.74, 6) is -1.50. The number of rotatable bonds is 2. The Morgan fingerprint density at radius 2 is 2.23 bits per heavy atom. The third kappa shape index (κ3) is 2.38. The number of hydrogen-bond acceptors (Lipinski definition) is 2. The molecule has 0 aliphatic heterocycles. The molecule has 1 rings (SSSR count). The Morgan fingerprint density at radius 3 is 2.69 bits per heavy atom. The first-order valence-corrected chi connectivity index (χ1v) is 4.53. The molecule has 0 heterocycles. The third-order valence-electron chi connectivity index (χ3n) is 1.57. The lowest BCUT2D eigenvalue weighted by atomic mass is 10.1. The van der Waals surface area contributed by atoms with Crippen molar-refractivity contribution in [3.63, 3.8) is 0 Å². The van der Waals surface area contributed by atoms with E-state index in [4.69, 9.17) is 10.8 Å². The lowest BCUT2D eigenvalue weighted by molar-refractivity contribution is -0.138. The Morgan fingerprint density at radius 1 is 1.62 bits per heavy atom. The molecule has 0 saturated heterocycles. The summed E-state index contributed by atoms with van der Waals surface area (Å²) in [6, 6.07) is 2.92. The van der Waals surface area contributed by atoms with Crippen LogP contribution in [-0.4, -0.2) is 11.1 Å². The molecule has 0 radical (unpaired) electrons. The maximum absolute atomic E-state index is 12.8. The number of benzene rings is 1. The fourth-order valence-corrected chi connectivity index (χ4v) is 1.39. The number of aliphatic carboxylic acids is 1. The highest BCUT2D eigenvalue weighted by molar-refractivity contribution is 14.1. The van der Waals surface area contributed by atoms with Gasteiger partial charge in [-0.3, -0.25) is 4.79 Å². The minimum absolute atomic E-state index is 0.367. The van der Waals surface area contributed by atoms with Crippen molar-refractivity contribution in [3.05, 3.63) is 33.1 Å². The number of carboxylic acids is 1. The van der Waals surface area contributed by atoms with Crippen molar-refractivity contribution >= 4 is 28.6 Å². The molecule has 0 unspecified atom stereocenters. The van der Waals surface area contributed by atoms with Crippen LogP contribution in [0.5, 0.6) is 0 Å². The van der Waals surface area contributed by atoms with E-state index in [0.717, 1.165) is 0 Å². The fraction of sp³-hybridized carbons (Fsp3) is 0.125. The molecule has 3 nitrogen and oxygen atoms in total. The van der Waals surface area contributed by atoms with Crippen LogP contribution < -0.4 is 5.73 Å². The van der Waals surface area contributed by atoms with E-state index in [9.17, 15) is 9.18 Å². The highest BCUT2D eigenvalue weighted by atomic mass is 127. The monoisotopic (exact) mass is 295 g/mol. The lowest BCUT2D eigenvalue weighted by Gasteiger charge is -2.06. The number of hydrogen-bond donors (Lipinski definition) is 2. The van der Waals surface area contributed by atoms with E-state index in [1.807, 2.05) is 0 Å². The van der Waals surface area contributed by atoms with Gasteiger partial charge in [0.1, 0.15) is 11.9 Å². The molecular weight excluding hydrogens is 288 g/mol. The number of nitrogens with two attached hydrogens (primary N) is 1. The van der Waals surface area contributed by atoms with Crippen molar-refractivity contribution in [1.82, 2.24) is 0 Å². The van der Waals surface area contributed by atoms with Gasteiger partial charge in [-0.05, 0) is 40.3 Å². The summed E-state index contributed by atoms with van der Waals surface area (Å²) >= 11 is 1.78. The van der Waals surface area contributed by atoms with Crippen LogP contribution in [0.25, 0.3) is 0 Å². The predicted octanol–water partition coefficient (Wildman–Crippen LogP) is 1.51. The van der Waals surface area contributed by atoms with Gasteiger partial charge >= 0.3 is 5.97 Å². The van der Waals surface area contributed by atoms with Gasteiger partial charge in [-0.2, -0.15) is 0 Å². The first-order chi connectivity index (χ1) is 6.02. The Labute approximate surface area is 87.9 Å². The lowest BCUT2D eigenvalue weighted by Crippen LogP contribution is -2.20. The Hall–Kier alpha value is -0.690. The molecule has 0 amide bonds. The molecule has 0 saturated carbocycles. The average molecular weight is 295 g/mol. The van der Waals surface area contributed by atoms with Gasteiger partial charge in [-0.15, -0.1) is 0 Å². The van der Waals surface area contributed by atoms with Crippen molar-refractivity contribution < 1.29 is 14.3 Å². The molecule has 0 spiro atoms. The summed E-state index contributed by atoms with van der Waals surface area (Å²) in [4.78, 5) is 10.5. The molecule has 0 aliphatic carbocycles. The second-order valence-electron chi connectivity index (χ2n) is 2.49. The van der Waals surface area contributed by atoms with Gasteiger partial charge in [-0.25, -0.2) is 4.39 Å². The van der Waals surface area contributed by atoms with E-state index in [1.165, 1.54) is 18.2 Å². The van der Waals surface area contributed by atoms with Gasteiger partial charge in [-0.1, -0.05) is 6.07 Å². The Balaban J connectivity index is 3.03. The van der Waals surface area contributed by atoms with Crippen LogP contribution in [0.2, 0.25) is 0 Å². The first kappa shape index (κ1) is 10.4. The van der Waals surface area contributed by atoms with E-state index in [2.05, 4.69) is 0 Å². The predicted molar refractivity (Wildman–Crippen MR) is 53.7 cm³/mol. The van der Waals surface area contributed by atoms with Crippen LogP contribution in [0.15, 0.2) is 18.2 Å². The first-order valence-electron chi connectivity index (χ1n) is 3.45. The molecule has 5 heteroatoms. The average Bonchev–Trinajstić information content (AvgIpc) is 2.08. The van der Waals surface area contributed by atoms with Gasteiger partial charge in [0.25, 0.3) is 0 Å². The molecule has 1 atom stereocenters. The largest absolute Gasteiger partial charge is 0.480 e. The molecule has 0 aromatic heterocycles. The van der Waals surface area contributed by atoms with Crippen molar-refractivity contribution in [1.29, 1.82) is 0 Å². The smallest absolute Gasteiger partial charge is 0.325 e. The van der Waals surface area contributed by atoms with Crippen LogP contribution in [-0.2, 0) is 4.79 Å². The molecule has 0 fully saturated rings. The standard InChI is InChI=1S/C8H7FINO2/c9-5-2-1-4(3-6(5)10)7(11)8(12)13/h1-3,7H,11H2,(H,12,13)/t7-/m0/s1. The van der Waals surface area contributed by atoms with Gasteiger partial charge in [0.15, 0.2) is 0 Å². The SMILES string of the molecule is N[C@H](C(=O)O)c1ccc(F)c(I)c1. The molecule has 0 aliphatic rings. The van der Waals surface area contributed by atoms with Crippen LogP contribution >= 0.6 is 22.6 Å². The maximum atomic E-state index is 12.8. The molecule has 70 valence electrons. The van der Waals surface area contributed by atoms with Gasteiger partial charge < -0.3 is 10.8 Å². The summed E-state index contributed by atoms with van der Waals surface area (Å²) in [5, 5.41) is 8.57. The summed E-state index contributed by atoms with van der Waals surface area (Å²) in [7, 11) is 0. The quantitative estimate of drug-likeness (QED) is 0.813. The summed E-state index contributed by atoms with van der Waals surface area (Å²) < 4.78 is 13.1. The van der Waals surface area contributed by atoms with Gasteiger partial charge in [0.05, 0.1) is 0 Å². The van der Waals surface area contributed by atoms with Crippen molar-refractivity contribution in [2.75, 3.05) is 0 Å². The molecule has 1 aromatic rings. The fourth-order valence-electron chi connectivity index (χ4n) is 0.848.